The van der Waals surface area contributed by atoms with E-state index in [0.29, 0.717) is 23.0 Å². The third-order valence-electron chi connectivity index (χ3n) is 2.63. The van der Waals surface area contributed by atoms with E-state index in [2.05, 4.69) is 0 Å². The van der Waals surface area contributed by atoms with Crippen LogP contribution in [0.4, 0.5) is 10.5 Å². The van der Waals surface area contributed by atoms with E-state index in [1.165, 1.54) is 12.0 Å². The predicted octanol–water partition coefficient (Wildman–Crippen LogP) is 1.63. The molecule has 0 spiro atoms. The number of rotatable bonds is 3. The number of methoxy groups -OCH3 is 1. The van der Waals surface area contributed by atoms with Gasteiger partial charge in [0.15, 0.2) is 0 Å². The van der Waals surface area contributed by atoms with Gasteiger partial charge in [0.1, 0.15) is 12.4 Å². The van der Waals surface area contributed by atoms with Gasteiger partial charge in [-0.1, -0.05) is 11.6 Å². The Hall–Kier alpha value is -1.46. The summed E-state index contributed by atoms with van der Waals surface area (Å²) in [4.78, 5) is 13.1. The molecular formula is C11H13ClN2O3. The summed E-state index contributed by atoms with van der Waals surface area (Å²) in [7, 11) is 1.53. The lowest BCUT2D eigenvalue weighted by Crippen LogP contribution is -2.39. The topological polar surface area (TPSA) is 64.8 Å². The number of nitrogens with two attached hydrogens (primary N) is 1. The maximum Gasteiger partial charge on any atom is 0.414 e. The zero-order chi connectivity index (χ0) is 12.4. The highest BCUT2D eigenvalue weighted by Crippen LogP contribution is 2.34. The number of cyclic esters (lactones) is 1. The van der Waals surface area contributed by atoms with E-state index in [0.717, 1.165) is 0 Å². The third-order valence-corrected chi connectivity index (χ3v) is 2.87. The zero-order valence-corrected chi connectivity index (χ0v) is 10.1. The highest BCUT2D eigenvalue weighted by Gasteiger charge is 2.35. The highest BCUT2D eigenvalue weighted by atomic mass is 35.5. The minimum absolute atomic E-state index is 0.185. The molecule has 0 radical (unpaired) electrons. The molecule has 1 saturated heterocycles. The van der Waals surface area contributed by atoms with Crippen LogP contribution in [0.25, 0.3) is 0 Å². The predicted molar refractivity (Wildman–Crippen MR) is 64.7 cm³/mol. The van der Waals surface area contributed by atoms with Crippen LogP contribution in [-0.2, 0) is 4.74 Å². The number of benzene rings is 1. The fourth-order valence-electron chi connectivity index (χ4n) is 1.78. The molecule has 1 unspecified atom stereocenters. The van der Waals surface area contributed by atoms with E-state index >= 15 is 0 Å². The van der Waals surface area contributed by atoms with Crippen molar-refractivity contribution in [2.24, 2.45) is 5.73 Å². The van der Waals surface area contributed by atoms with Gasteiger partial charge in [0.2, 0.25) is 0 Å². The fourth-order valence-corrected chi connectivity index (χ4v) is 1.95. The molecule has 0 bridgehead atoms. The molecule has 1 aliphatic heterocycles. The van der Waals surface area contributed by atoms with Crippen molar-refractivity contribution in [3.8, 4) is 5.75 Å². The number of anilines is 1. The number of amides is 1. The summed E-state index contributed by atoms with van der Waals surface area (Å²) in [6.07, 6.45) is -0.430. The largest absolute Gasteiger partial charge is 0.495 e. The van der Waals surface area contributed by atoms with Crippen molar-refractivity contribution in [3.05, 3.63) is 23.2 Å². The molecule has 1 aromatic rings. The minimum atomic E-state index is -0.430. The molecule has 1 aliphatic rings. The summed E-state index contributed by atoms with van der Waals surface area (Å²) < 4.78 is 10.2. The van der Waals surface area contributed by atoms with Crippen LogP contribution in [0.15, 0.2) is 18.2 Å². The summed E-state index contributed by atoms with van der Waals surface area (Å²) in [5.74, 6) is 0.562. The Labute approximate surface area is 104 Å². The smallest absolute Gasteiger partial charge is 0.414 e. The van der Waals surface area contributed by atoms with E-state index in [1.54, 1.807) is 18.2 Å². The Morgan fingerprint density at radius 3 is 3.06 bits per heavy atom. The third kappa shape index (κ3) is 2.16. The maximum atomic E-state index is 11.7. The first-order chi connectivity index (χ1) is 8.17. The first kappa shape index (κ1) is 12.0. The Morgan fingerprint density at radius 1 is 1.65 bits per heavy atom. The monoisotopic (exact) mass is 256 g/mol. The molecule has 2 rings (SSSR count). The van der Waals surface area contributed by atoms with E-state index < -0.39 is 6.09 Å². The van der Waals surface area contributed by atoms with Crippen molar-refractivity contribution >= 4 is 23.4 Å². The fraction of sp³-hybridized carbons (Fsp3) is 0.364. The quantitative estimate of drug-likeness (QED) is 0.893. The van der Waals surface area contributed by atoms with Crippen molar-refractivity contribution < 1.29 is 14.3 Å². The molecule has 0 aromatic heterocycles. The summed E-state index contributed by atoms with van der Waals surface area (Å²) in [6, 6.07) is 4.88. The molecule has 1 heterocycles. The maximum absolute atomic E-state index is 11.7. The Bertz CT molecular complexity index is 439. The van der Waals surface area contributed by atoms with Gasteiger partial charge in [0.05, 0.1) is 18.8 Å². The molecule has 0 saturated carbocycles. The van der Waals surface area contributed by atoms with Gasteiger partial charge in [-0.05, 0) is 18.2 Å². The van der Waals surface area contributed by atoms with Gasteiger partial charge in [0.25, 0.3) is 0 Å². The molecule has 92 valence electrons. The first-order valence-corrected chi connectivity index (χ1v) is 5.54. The lowest BCUT2D eigenvalue weighted by atomic mass is 10.2. The van der Waals surface area contributed by atoms with Crippen LogP contribution in [0.2, 0.25) is 5.02 Å². The zero-order valence-electron chi connectivity index (χ0n) is 9.35. The lowest BCUT2D eigenvalue weighted by molar-refractivity contribution is 0.179. The van der Waals surface area contributed by atoms with E-state index in [9.17, 15) is 4.79 Å². The average Bonchev–Trinajstić information content (AvgIpc) is 2.70. The van der Waals surface area contributed by atoms with Crippen molar-refractivity contribution in [3.63, 3.8) is 0 Å². The molecule has 1 fully saturated rings. The van der Waals surface area contributed by atoms with Crippen LogP contribution >= 0.6 is 11.6 Å². The molecule has 6 heteroatoms. The summed E-state index contributed by atoms with van der Waals surface area (Å²) in [6.45, 7) is 0.604. The number of hydrogen-bond acceptors (Lipinski definition) is 4. The highest BCUT2D eigenvalue weighted by molar-refractivity contribution is 6.31. The molecule has 1 aromatic carbocycles. The number of carbonyl (C=O) groups excluding carboxylic acids is 1. The van der Waals surface area contributed by atoms with Crippen LogP contribution in [0.1, 0.15) is 0 Å². The number of carbonyl (C=O) groups is 1. The summed E-state index contributed by atoms with van der Waals surface area (Å²) in [5, 5.41) is 0.524. The van der Waals surface area contributed by atoms with Crippen LogP contribution in [0.5, 0.6) is 5.75 Å². The van der Waals surface area contributed by atoms with Crippen molar-refractivity contribution in [1.82, 2.24) is 0 Å². The lowest BCUT2D eigenvalue weighted by Gasteiger charge is -2.22. The number of ether oxygens (including phenoxy) is 2. The van der Waals surface area contributed by atoms with Gasteiger partial charge >= 0.3 is 6.09 Å². The SMILES string of the molecule is COc1ccc(Cl)cc1N1C(=O)OCC1CN. The second-order valence-corrected chi connectivity index (χ2v) is 4.09. The van der Waals surface area contributed by atoms with Gasteiger partial charge in [-0.2, -0.15) is 0 Å². The molecule has 17 heavy (non-hydrogen) atoms. The van der Waals surface area contributed by atoms with Crippen LogP contribution in [0.3, 0.4) is 0 Å². The molecule has 2 N–H and O–H groups in total. The summed E-state index contributed by atoms with van der Waals surface area (Å²) >= 11 is 5.93. The van der Waals surface area contributed by atoms with Crippen LogP contribution in [-0.4, -0.2) is 32.4 Å². The average molecular weight is 257 g/mol. The standard InChI is InChI=1S/C11H13ClN2O3/c1-16-10-3-2-7(12)4-9(10)14-8(5-13)6-17-11(14)15/h2-4,8H,5-6,13H2,1H3. The van der Waals surface area contributed by atoms with Gasteiger partial charge in [-0.25, -0.2) is 4.79 Å². The molecule has 5 nitrogen and oxygen atoms in total. The van der Waals surface area contributed by atoms with E-state index in [-0.39, 0.29) is 12.6 Å². The van der Waals surface area contributed by atoms with Crippen molar-refractivity contribution in [1.29, 1.82) is 0 Å². The van der Waals surface area contributed by atoms with E-state index in [4.69, 9.17) is 26.8 Å². The molecule has 0 aliphatic carbocycles. The summed E-state index contributed by atoms with van der Waals surface area (Å²) in [5.41, 5.74) is 6.19. The van der Waals surface area contributed by atoms with Crippen LogP contribution in [0, 0.1) is 0 Å². The normalized spacial score (nSPS) is 19.4. The first-order valence-electron chi connectivity index (χ1n) is 5.17. The Kier molecular flexibility index (Phi) is 3.40. The van der Waals surface area contributed by atoms with Crippen molar-refractivity contribution in [2.45, 2.75) is 6.04 Å². The van der Waals surface area contributed by atoms with E-state index in [1.807, 2.05) is 0 Å². The number of nitrogens with zero attached hydrogens (tertiary/aromatic N) is 1. The second-order valence-electron chi connectivity index (χ2n) is 3.65. The van der Waals surface area contributed by atoms with Gasteiger partial charge in [0, 0.05) is 11.6 Å². The number of halogens is 1. The van der Waals surface area contributed by atoms with Crippen LogP contribution < -0.4 is 15.4 Å². The molecular weight excluding hydrogens is 244 g/mol. The minimum Gasteiger partial charge on any atom is -0.495 e. The second kappa shape index (κ2) is 4.81. The molecule has 1 amide bonds. The van der Waals surface area contributed by atoms with Gasteiger partial charge in [-0.3, -0.25) is 4.90 Å². The van der Waals surface area contributed by atoms with Crippen molar-refractivity contribution in [2.75, 3.05) is 25.2 Å². The number of hydrogen-bond donors (Lipinski definition) is 1. The van der Waals surface area contributed by atoms with Gasteiger partial charge < -0.3 is 15.2 Å². The molecule has 1 atom stereocenters. The Balaban J connectivity index is 2.43. The Morgan fingerprint density at radius 2 is 2.41 bits per heavy atom. The van der Waals surface area contributed by atoms with Gasteiger partial charge in [-0.15, -0.1) is 0 Å².